The van der Waals surface area contributed by atoms with Gasteiger partial charge in [0.05, 0.1) is 6.33 Å². The standard InChI is InChI=1S/C13H11N3O2/c17-12-10(7-14-8-15-12)13(18)16-6-5-9-3-1-2-4-11(9)16/h1-4,7-8H,5-6H2,(H,14,15,17). The summed E-state index contributed by atoms with van der Waals surface area (Å²) >= 11 is 0. The first-order valence-corrected chi connectivity index (χ1v) is 5.70. The Morgan fingerprint density at radius 2 is 2.17 bits per heavy atom. The van der Waals surface area contributed by atoms with Crippen molar-refractivity contribution in [2.45, 2.75) is 6.42 Å². The number of amides is 1. The molecule has 1 aromatic heterocycles. The first-order chi connectivity index (χ1) is 8.77. The van der Waals surface area contributed by atoms with Crippen LogP contribution in [0.2, 0.25) is 0 Å². The Morgan fingerprint density at radius 1 is 1.33 bits per heavy atom. The van der Waals surface area contributed by atoms with Crippen molar-refractivity contribution in [1.29, 1.82) is 0 Å². The molecule has 5 nitrogen and oxygen atoms in total. The molecule has 90 valence electrons. The molecule has 18 heavy (non-hydrogen) atoms. The van der Waals surface area contributed by atoms with Crippen LogP contribution in [0.1, 0.15) is 15.9 Å². The van der Waals surface area contributed by atoms with Gasteiger partial charge >= 0.3 is 0 Å². The summed E-state index contributed by atoms with van der Waals surface area (Å²) in [6.07, 6.45) is 3.40. The van der Waals surface area contributed by atoms with Gasteiger partial charge in [-0.2, -0.15) is 0 Å². The van der Waals surface area contributed by atoms with Crippen LogP contribution in [0.3, 0.4) is 0 Å². The number of carbonyl (C=O) groups excluding carboxylic acids is 1. The average Bonchev–Trinajstić information content (AvgIpc) is 2.82. The van der Waals surface area contributed by atoms with Gasteiger partial charge in [0, 0.05) is 18.4 Å². The molecule has 3 rings (SSSR count). The van der Waals surface area contributed by atoms with E-state index in [-0.39, 0.29) is 11.5 Å². The molecule has 0 fully saturated rings. The molecule has 0 saturated heterocycles. The lowest BCUT2D eigenvalue weighted by Gasteiger charge is -2.16. The molecule has 0 bridgehead atoms. The Hall–Kier alpha value is -2.43. The van der Waals surface area contributed by atoms with E-state index in [9.17, 15) is 9.59 Å². The molecule has 2 heterocycles. The van der Waals surface area contributed by atoms with Crippen LogP contribution < -0.4 is 10.5 Å². The number of hydrogen-bond acceptors (Lipinski definition) is 3. The number of fused-ring (bicyclic) bond motifs is 1. The Kier molecular flexibility index (Phi) is 2.44. The van der Waals surface area contributed by atoms with Crippen molar-refractivity contribution in [2.75, 3.05) is 11.4 Å². The maximum Gasteiger partial charge on any atom is 0.265 e. The fourth-order valence-corrected chi connectivity index (χ4v) is 2.19. The van der Waals surface area contributed by atoms with Gasteiger partial charge in [-0.15, -0.1) is 0 Å². The molecule has 1 amide bonds. The van der Waals surface area contributed by atoms with Crippen LogP contribution in [0.15, 0.2) is 41.6 Å². The summed E-state index contributed by atoms with van der Waals surface area (Å²) in [5.41, 5.74) is 1.69. The molecule has 5 heteroatoms. The molecule has 0 aliphatic carbocycles. The third-order valence-electron chi connectivity index (χ3n) is 3.08. The van der Waals surface area contributed by atoms with Gasteiger partial charge in [0.15, 0.2) is 0 Å². The predicted molar refractivity (Wildman–Crippen MR) is 66.7 cm³/mol. The quantitative estimate of drug-likeness (QED) is 0.809. The molecular formula is C13H11N3O2. The zero-order valence-electron chi connectivity index (χ0n) is 9.59. The number of para-hydroxylation sites is 1. The Bertz CT molecular complexity index is 663. The average molecular weight is 241 g/mol. The minimum absolute atomic E-state index is 0.0780. The minimum Gasteiger partial charge on any atom is -0.312 e. The highest BCUT2D eigenvalue weighted by Gasteiger charge is 2.26. The highest BCUT2D eigenvalue weighted by molar-refractivity contribution is 6.06. The normalized spacial score (nSPS) is 13.4. The van der Waals surface area contributed by atoms with Crippen LogP contribution >= 0.6 is 0 Å². The van der Waals surface area contributed by atoms with E-state index >= 15 is 0 Å². The van der Waals surface area contributed by atoms with Crippen LogP contribution in [0.5, 0.6) is 0 Å². The number of benzene rings is 1. The van der Waals surface area contributed by atoms with Crippen molar-refractivity contribution in [3.63, 3.8) is 0 Å². The smallest absolute Gasteiger partial charge is 0.265 e. The monoisotopic (exact) mass is 241 g/mol. The van der Waals surface area contributed by atoms with E-state index in [4.69, 9.17) is 0 Å². The summed E-state index contributed by atoms with van der Waals surface area (Å²) in [6.45, 7) is 0.604. The maximum atomic E-state index is 12.3. The molecule has 2 aromatic rings. The van der Waals surface area contributed by atoms with Crippen molar-refractivity contribution in [3.05, 3.63) is 58.3 Å². The molecule has 1 N–H and O–H groups in total. The van der Waals surface area contributed by atoms with Crippen molar-refractivity contribution in [2.24, 2.45) is 0 Å². The molecule has 0 saturated carbocycles. The van der Waals surface area contributed by atoms with Gasteiger partial charge in [0.1, 0.15) is 5.56 Å². The van der Waals surface area contributed by atoms with Crippen LogP contribution in [-0.2, 0) is 6.42 Å². The lowest BCUT2D eigenvalue weighted by Crippen LogP contribution is -2.33. The van der Waals surface area contributed by atoms with E-state index in [1.807, 2.05) is 24.3 Å². The second-order valence-electron chi connectivity index (χ2n) is 4.13. The van der Waals surface area contributed by atoms with E-state index in [1.54, 1.807) is 4.90 Å². The number of anilines is 1. The van der Waals surface area contributed by atoms with Crippen molar-refractivity contribution < 1.29 is 4.79 Å². The van der Waals surface area contributed by atoms with Gasteiger partial charge in [-0.05, 0) is 18.1 Å². The zero-order chi connectivity index (χ0) is 12.5. The molecule has 0 atom stereocenters. The van der Waals surface area contributed by atoms with Gasteiger partial charge in [0.2, 0.25) is 0 Å². The highest BCUT2D eigenvalue weighted by Crippen LogP contribution is 2.28. The predicted octanol–water partition coefficient (Wildman–Crippen LogP) is 0.973. The van der Waals surface area contributed by atoms with E-state index in [0.29, 0.717) is 6.54 Å². The molecule has 1 aromatic carbocycles. The number of aromatic amines is 1. The van der Waals surface area contributed by atoms with Crippen molar-refractivity contribution in [3.8, 4) is 0 Å². The molecule has 1 aliphatic heterocycles. The number of nitrogens with one attached hydrogen (secondary N) is 1. The lowest BCUT2D eigenvalue weighted by atomic mass is 10.2. The largest absolute Gasteiger partial charge is 0.312 e. The highest BCUT2D eigenvalue weighted by atomic mass is 16.2. The summed E-state index contributed by atoms with van der Waals surface area (Å²) in [4.78, 5) is 31.7. The van der Waals surface area contributed by atoms with E-state index < -0.39 is 5.56 Å². The minimum atomic E-state index is -0.403. The summed E-state index contributed by atoms with van der Waals surface area (Å²) < 4.78 is 0. The van der Waals surface area contributed by atoms with Crippen LogP contribution in [0, 0.1) is 0 Å². The van der Waals surface area contributed by atoms with Gasteiger partial charge in [-0.25, -0.2) is 4.98 Å². The summed E-state index contributed by atoms with van der Waals surface area (Å²) in [5.74, 6) is -0.297. The number of rotatable bonds is 1. The van der Waals surface area contributed by atoms with Gasteiger partial charge < -0.3 is 9.88 Å². The SMILES string of the molecule is O=C(c1cnc[nH]c1=O)N1CCc2ccccc21. The van der Waals surface area contributed by atoms with Crippen molar-refractivity contribution >= 4 is 11.6 Å². The number of nitrogens with zero attached hydrogens (tertiary/aromatic N) is 2. The van der Waals surface area contributed by atoms with Gasteiger partial charge in [0.25, 0.3) is 11.5 Å². The second kappa shape index (κ2) is 4.10. The molecule has 0 unspecified atom stereocenters. The van der Waals surface area contributed by atoms with Crippen LogP contribution in [0.25, 0.3) is 0 Å². The Balaban J connectivity index is 2.01. The van der Waals surface area contributed by atoms with Gasteiger partial charge in [-0.1, -0.05) is 18.2 Å². The fraction of sp³-hybridized carbons (Fsp3) is 0.154. The van der Waals surface area contributed by atoms with E-state index in [2.05, 4.69) is 9.97 Å². The zero-order valence-corrected chi connectivity index (χ0v) is 9.59. The third kappa shape index (κ3) is 1.60. The number of carbonyl (C=O) groups is 1. The first kappa shape index (κ1) is 10.7. The first-order valence-electron chi connectivity index (χ1n) is 5.70. The number of aromatic nitrogens is 2. The summed E-state index contributed by atoms with van der Waals surface area (Å²) in [6, 6.07) is 7.72. The second-order valence-corrected chi connectivity index (χ2v) is 4.13. The molecular weight excluding hydrogens is 230 g/mol. The van der Waals surface area contributed by atoms with E-state index in [0.717, 1.165) is 17.7 Å². The number of hydrogen-bond donors (Lipinski definition) is 1. The fourth-order valence-electron chi connectivity index (χ4n) is 2.19. The van der Waals surface area contributed by atoms with Crippen molar-refractivity contribution in [1.82, 2.24) is 9.97 Å². The van der Waals surface area contributed by atoms with E-state index in [1.165, 1.54) is 12.5 Å². The summed E-state index contributed by atoms with van der Waals surface area (Å²) in [7, 11) is 0. The Morgan fingerprint density at radius 3 is 3.00 bits per heavy atom. The topological polar surface area (TPSA) is 66.1 Å². The molecule has 0 spiro atoms. The molecule has 0 radical (unpaired) electrons. The van der Waals surface area contributed by atoms with Crippen LogP contribution in [-0.4, -0.2) is 22.4 Å². The molecule has 1 aliphatic rings. The van der Waals surface area contributed by atoms with Gasteiger partial charge in [-0.3, -0.25) is 9.59 Å². The maximum absolute atomic E-state index is 12.3. The Labute approximate surface area is 103 Å². The lowest BCUT2D eigenvalue weighted by molar-refractivity contribution is 0.0987. The third-order valence-corrected chi connectivity index (χ3v) is 3.08. The number of H-pyrrole nitrogens is 1. The van der Waals surface area contributed by atoms with Crippen LogP contribution in [0.4, 0.5) is 5.69 Å². The summed E-state index contributed by atoms with van der Waals surface area (Å²) in [5, 5.41) is 0.